The van der Waals surface area contributed by atoms with Crippen LogP contribution < -0.4 is 4.74 Å². The third-order valence-electron chi connectivity index (χ3n) is 3.24. The molecule has 17 heavy (non-hydrogen) atoms. The van der Waals surface area contributed by atoms with E-state index in [0.29, 0.717) is 5.92 Å². The van der Waals surface area contributed by atoms with Crippen LogP contribution in [-0.2, 0) is 6.42 Å². The van der Waals surface area contributed by atoms with Gasteiger partial charge in [-0.1, -0.05) is 45.9 Å². The Bertz CT molecular complexity index is 341. The maximum Gasteiger partial charge on any atom is 0.122 e. The van der Waals surface area contributed by atoms with Crippen molar-refractivity contribution in [2.24, 2.45) is 11.3 Å². The molecule has 0 fully saturated rings. The molecule has 0 saturated carbocycles. The predicted octanol–water partition coefficient (Wildman–Crippen LogP) is 4.22. The molecule has 1 aromatic rings. The topological polar surface area (TPSA) is 9.23 Å². The molecule has 1 nitrogen and oxygen atoms in total. The molecule has 1 unspecified atom stereocenters. The van der Waals surface area contributed by atoms with Gasteiger partial charge in [0.2, 0.25) is 0 Å². The normalized spacial score (nSPS) is 13.5. The van der Waals surface area contributed by atoms with Crippen LogP contribution in [0.4, 0.5) is 0 Å². The van der Waals surface area contributed by atoms with Crippen molar-refractivity contribution in [1.29, 1.82) is 0 Å². The summed E-state index contributed by atoms with van der Waals surface area (Å²) >= 11 is 4.42. The zero-order chi connectivity index (χ0) is 12.9. The summed E-state index contributed by atoms with van der Waals surface area (Å²) in [6.45, 7) is 9.61. The van der Waals surface area contributed by atoms with Gasteiger partial charge in [-0.3, -0.25) is 0 Å². The molecule has 0 heterocycles. The first kappa shape index (κ1) is 14.4. The van der Waals surface area contributed by atoms with Gasteiger partial charge in [-0.05, 0) is 29.2 Å². The van der Waals surface area contributed by atoms with Crippen molar-refractivity contribution in [3.8, 4) is 5.75 Å². The number of aryl methyl sites for hydroxylation is 1. The molecule has 0 N–H and O–H groups in total. The highest BCUT2D eigenvalue weighted by Crippen LogP contribution is 2.28. The van der Waals surface area contributed by atoms with Gasteiger partial charge in [0.1, 0.15) is 5.75 Å². The predicted molar refractivity (Wildman–Crippen MR) is 78.1 cm³/mol. The SMILES string of the molecule is CCc1ccccc1OCC(CS)C(C)(C)C. The molecule has 0 saturated heterocycles. The Hall–Kier alpha value is -0.630. The van der Waals surface area contributed by atoms with Gasteiger partial charge in [0, 0.05) is 5.92 Å². The maximum atomic E-state index is 5.96. The number of rotatable bonds is 5. The Kier molecular flexibility index (Phi) is 5.38. The van der Waals surface area contributed by atoms with Crippen LogP contribution in [0.5, 0.6) is 5.75 Å². The minimum atomic E-state index is 0.239. The van der Waals surface area contributed by atoms with Crippen molar-refractivity contribution in [2.45, 2.75) is 34.1 Å². The zero-order valence-electron chi connectivity index (χ0n) is 11.4. The van der Waals surface area contributed by atoms with Crippen LogP contribution in [0.1, 0.15) is 33.3 Å². The molecule has 0 radical (unpaired) electrons. The van der Waals surface area contributed by atoms with Gasteiger partial charge in [0.05, 0.1) is 6.61 Å². The van der Waals surface area contributed by atoms with Gasteiger partial charge in [0.15, 0.2) is 0 Å². The van der Waals surface area contributed by atoms with Crippen molar-refractivity contribution in [1.82, 2.24) is 0 Å². The molecule has 2 heteroatoms. The number of para-hydroxylation sites is 1. The number of ether oxygens (including phenoxy) is 1. The van der Waals surface area contributed by atoms with E-state index in [2.05, 4.69) is 58.5 Å². The molecular formula is C15H24OS. The Morgan fingerprint density at radius 3 is 2.41 bits per heavy atom. The van der Waals surface area contributed by atoms with E-state index in [9.17, 15) is 0 Å². The molecule has 0 bridgehead atoms. The highest BCUT2D eigenvalue weighted by molar-refractivity contribution is 7.80. The third-order valence-corrected chi connectivity index (χ3v) is 3.68. The molecule has 1 aromatic carbocycles. The van der Waals surface area contributed by atoms with E-state index >= 15 is 0 Å². The first-order chi connectivity index (χ1) is 7.99. The highest BCUT2D eigenvalue weighted by atomic mass is 32.1. The summed E-state index contributed by atoms with van der Waals surface area (Å²) in [6, 6.07) is 8.27. The van der Waals surface area contributed by atoms with Gasteiger partial charge in [-0.2, -0.15) is 12.6 Å². The van der Waals surface area contributed by atoms with Crippen LogP contribution in [0.3, 0.4) is 0 Å². The van der Waals surface area contributed by atoms with Crippen molar-refractivity contribution in [2.75, 3.05) is 12.4 Å². The fourth-order valence-corrected chi connectivity index (χ4v) is 2.36. The lowest BCUT2D eigenvalue weighted by molar-refractivity contribution is 0.164. The van der Waals surface area contributed by atoms with Gasteiger partial charge in [-0.25, -0.2) is 0 Å². The van der Waals surface area contributed by atoms with Gasteiger partial charge >= 0.3 is 0 Å². The van der Waals surface area contributed by atoms with E-state index in [0.717, 1.165) is 24.5 Å². The van der Waals surface area contributed by atoms with Crippen LogP contribution >= 0.6 is 12.6 Å². The lowest BCUT2D eigenvalue weighted by atomic mass is 9.82. The molecular weight excluding hydrogens is 228 g/mol. The van der Waals surface area contributed by atoms with Gasteiger partial charge in [0.25, 0.3) is 0 Å². The first-order valence-corrected chi connectivity index (χ1v) is 6.93. The molecule has 96 valence electrons. The van der Waals surface area contributed by atoms with Crippen LogP contribution in [-0.4, -0.2) is 12.4 Å². The summed E-state index contributed by atoms with van der Waals surface area (Å²) in [4.78, 5) is 0. The number of thiol groups is 1. The number of benzene rings is 1. The molecule has 0 aliphatic heterocycles. The molecule has 1 atom stereocenters. The van der Waals surface area contributed by atoms with E-state index in [4.69, 9.17) is 4.74 Å². The summed E-state index contributed by atoms with van der Waals surface area (Å²) in [5, 5.41) is 0. The van der Waals surface area contributed by atoms with E-state index in [-0.39, 0.29) is 5.41 Å². The van der Waals surface area contributed by atoms with Crippen molar-refractivity contribution >= 4 is 12.6 Å². The summed E-state index contributed by atoms with van der Waals surface area (Å²) in [5.74, 6) is 2.35. The van der Waals surface area contributed by atoms with Gasteiger partial charge in [-0.15, -0.1) is 0 Å². The summed E-state index contributed by atoms with van der Waals surface area (Å²) in [6.07, 6.45) is 1.01. The minimum absolute atomic E-state index is 0.239. The summed E-state index contributed by atoms with van der Waals surface area (Å²) in [5.41, 5.74) is 1.52. The molecule has 0 aliphatic rings. The van der Waals surface area contributed by atoms with E-state index in [1.54, 1.807) is 0 Å². The molecule has 0 amide bonds. The van der Waals surface area contributed by atoms with Crippen LogP contribution in [0, 0.1) is 11.3 Å². The number of hydrogen-bond donors (Lipinski definition) is 1. The monoisotopic (exact) mass is 252 g/mol. The maximum absolute atomic E-state index is 5.96. The Labute approximate surface area is 111 Å². The Morgan fingerprint density at radius 1 is 1.24 bits per heavy atom. The quantitative estimate of drug-likeness (QED) is 0.772. The van der Waals surface area contributed by atoms with Gasteiger partial charge < -0.3 is 4.74 Å². The highest BCUT2D eigenvalue weighted by Gasteiger charge is 2.24. The average molecular weight is 252 g/mol. The van der Waals surface area contributed by atoms with E-state index in [1.807, 2.05) is 6.07 Å². The summed E-state index contributed by atoms with van der Waals surface area (Å²) < 4.78 is 5.96. The molecule has 0 aromatic heterocycles. The molecule has 1 rings (SSSR count). The fraction of sp³-hybridized carbons (Fsp3) is 0.600. The van der Waals surface area contributed by atoms with Crippen LogP contribution in [0.15, 0.2) is 24.3 Å². The second kappa shape index (κ2) is 6.34. The van der Waals surface area contributed by atoms with Crippen LogP contribution in [0.2, 0.25) is 0 Å². The minimum Gasteiger partial charge on any atom is -0.493 e. The second-order valence-electron chi connectivity index (χ2n) is 5.52. The first-order valence-electron chi connectivity index (χ1n) is 6.30. The second-order valence-corrected chi connectivity index (χ2v) is 5.88. The molecule has 0 spiro atoms. The smallest absolute Gasteiger partial charge is 0.122 e. The third kappa shape index (κ3) is 4.27. The largest absolute Gasteiger partial charge is 0.493 e. The van der Waals surface area contributed by atoms with E-state index in [1.165, 1.54) is 5.56 Å². The lowest BCUT2D eigenvalue weighted by Crippen LogP contribution is -2.28. The average Bonchev–Trinajstić information content (AvgIpc) is 2.28. The van der Waals surface area contributed by atoms with Crippen molar-refractivity contribution in [3.05, 3.63) is 29.8 Å². The Morgan fingerprint density at radius 2 is 1.88 bits per heavy atom. The Balaban J connectivity index is 2.66. The van der Waals surface area contributed by atoms with E-state index < -0.39 is 0 Å². The van der Waals surface area contributed by atoms with Crippen molar-refractivity contribution < 1.29 is 4.74 Å². The van der Waals surface area contributed by atoms with Crippen molar-refractivity contribution in [3.63, 3.8) is 0 Å². The summed E-state index contributed by atoms with van der Waals surface area (Å²) in [7, 11) is 0. The molecule has 0 aliphatic carbocycles. The van der Waals surface area contributed by atoms with Crippen LogP contribution in [0.25, 0.3) is 0 Å². The lowest BCUT2D eigenvalue weighted by Gasteiger charge is -2.29. The standard InChI is InChI=1S/C15H24OS/c1-5-12-8-6-7-9-14(12)16-10-13(11-17)15(2,3)4/h6-9,13,17H,5,10-11H2,1-4H3. The fourth-order valence-electron chi connectivity index (χ4n) is 1.70. The number of hydrogen-bond acceptors (Lipinski definition) is 2. The zero-order valence-corrected chi connectivity index (χ0v) is 12.3.